The normalized spacial score (nSPS) is 10.7. The number of hydrogen-bond donors (Lipinski definition) is 3. The van der Waals surface area contributed by atoms with Crippen molar-refractivity contribution in [3.63, 3.8) is 0 Å². The predicted molar refractivity (Wildman–Crippen MR) is 115 cm³/mol. The third-order valence-electron chi connectivity index (χ3n) is 4.77. The standard InChI is InChI=1S/C23H20N4O3/c1-14-10-11-18(22(24)28)19-20(27-30-21(14)19)16-7-5-6-15(12-16)13-25-23(29)26-17-8-3-2-4-9-17/h2-12H,13H2,1H3,(H2,24,28)(H2,25,26,29). The summed E-state index contributed by atoms with van der Waals surface area (Å²) in [5, 5.41) is 10.4. The molecule has 0 spiro atoms. The maximum absolute atomic E-state index is 12.1. The van der Waals surface area contributed by atoms with Crippen LogP contribution in [0, 0.1) is 6.92 Å². The summed E-state index contributed by atoms with van der Waals surface area (Å²) >= 11 is 0. The molecule has 1 heterocycles. The maximum Gasteiger partial charge on any atom is 0.319 e. The van der Waals surface area contributed by atoms with E-state index in [0.717, 1.165) is 16.7 Å². The molecule has 0 unspecified atom stereocenters. The second-order valence-electron chi connectivity index (χ2n) is 6.90. The van der Waals surface area contributed by atoms with E-state index in [1.807, 2.05) is 61.5 Å². The summed E-state index contributed by atoms with van der Waals surface area (Å²) in [5.41, 5.74) is 10.2. The summed E-state index contributed by atoms with van der Waals surface area (Å²) in [4.78, 5) is 24.0. The van der Waals surface area contributed by atoms with E-state index >= 15 is 0 Å². The molecule has 4 N–H and O–H groups in total. The number of carbonyl (C=O) groups excluding carboxylic acids is 2. The number of nitrogens with one attached hydrogen (secondary N) is 2. The van der Waals surface area contributed by atoms with Gasteiger partial charge in [0.1, 0.15) is 5.69 Å². The number of para-hydroxylation sites is 1. The minimum Gasteiger partial charge on any atom is -0.366 e. The molecule has 0 fully saturated rings. The van der Waals surface area contributed by atoms with Crippen molar-refractivity contribution < 1.29 is 14.1 Å². The van der Waals surface area contributed by atoms with Crippen molar-refractivity contribution in [3.8, 4) is 11.3 Å². The zero-order valence-corrected chi connectivity index (χ0v) is 16.3. The van der Waals surface area contributed by atoms with Gasteiger partial charge in [-0.25, -0.2) is 4.79 Å². The molecule has 0 saturated carbocycles. The molecule has 4 aromatic rings. The van der Waals surface area contributed by atoms with Gasteiger partial charge in [0.2, 0.25) is 5.91 Å². The Kier molecular flexibility index (Phi) is 5.17. The van der Waals surface area contributed by atoms with Gasteiger partial charge in [-0.3, -0.25) is 4.79 Å². The van der Waals surface area contributed by atoms with Gasteiger partial charge in [0, 0.05) is 17.8 Å². The molecule has 3 amide bonds. The van der Waals surface area contributed by atoms with E-state index in [1.54, 1.807) is 12.1 Å². The molecule has 0 aliphatic carbocycles. The zero-order chi connectivity index (χ0) is 21.1. The average molecular weight is 400 g/mol. The van der Waals surface area contributed by atoms with Crippen LogP contribution in [0.15, 0.2) is 71.3 Å². The number of nitrogens with zero attached hydrogens (tertiary/aromatic N) is 1. The maximum atomic E-state index is 12.1. The third-order valence-corrected chi connectivity index (χ3v) is 4.77. The summed E-state index contributed by atoms with van der Waals surface area (Å²) in [6, 6.07) is 19.9. The number of aryl methyl sites for hydroxylation is 1. The van der Waals surface area contributed by atoms with Crippen molar-refractivity contribution in [1.82, 2.24) is 10.5 Å². The number of anilines is 1. The second-order valence-corrected chi connectivity index (χ2v) is 6.90. The Morgan fingerprint density at radius 3 is 2.60 bits per heavy atom. The Bertz CT molecular complexity index is 1230. The number of fused-ring (bicyclic) bond motifs is 1. The van der Waals surface area contributed by atoms with Crippen LogP contribution in [0.4, 0.5) is 10.5 Å². The van der Waals surface area contributed by atoms with Gasteiger partial charge in [0.25, 0.3) is 0 Å². The number of primary amides is 1. The van der Waals surface area contributed by atoms with Gasteiger partial charge in [-0.15, -0.1) is 0 Å². The van der Waals surface area contributed by atoms with Crippen LogP contribution in [0.1, 0.15) is 21.5 Å². The monoisotopic (exact) mass is 400 g/mol. The summed E-state index contributed by atoms with van der Waals surface area (Å²) in [6.45, 7) is 2.21. The van der Waals surface area contributed by atoms with Gasteiger partial charge in [0.05, 0.1) is 10.9 Å². The van der Waals surface area contributed by atoms with E-state index in [4.69, 9.17) is 10.3 Å². The number of urea groups is 1. The summed E-state index contributed by atoms with van der Waals surface area (Å²) < 4.78 is 5.49. The van der Waals surface area contributed by atoms with Gasteiger partial charge in [-0.2, -0.15) is 0 Å². The van der Waals surface area contributed by atoms with Crippen molar-refractivity contribution in [3.05, 3.63) is 83.4 Å². The van der Waals surface area contributed by atoms with E-state index < -0.39 is 5.91 Å². The van der Waals surface area contributed by atoms with Crippen LogP contribution < -0.4 is 16.4 Å². The van der Waals surface area contributed by atoms with Crippen LogP contribution in [0.3, 0.4) is 0 Å². The van der Waals surface area contributed by atoms with Crippen LogP contribution >= 0.6 is 0 Å². The Labute approximate surface area is 172 Å². The Hall–Kier alpha value is -4.13. The van der Waals surface area contributed by atoms with Crippen molar-refractivity contribution in [2.45, 2.75) is 13.5 Å². The lowest BCUT2D eigenvalue weighted by Crippen LogP contribution is -2.28. The van der Waals surface area contributed by atoms with Crippen LogP contribution in [-0.4, -0.2) is 17.1 Å². The molecule has 7 nitrogen and oxygen atoms in total. The first-order chi connectivity index (χ1) is 14.5. The van der Waals surface area contributed by atoms with Crippen LogP contribution in [-0.2, 0) is 6.54 Å². The Balaban J connectivity index is 1.58. The van der Waals surface area contributed by atoms with E-state index in [-0.39, 0.29) is 6.03 Å². The highest BCUT2D eigenvalue weighted by atomic mass is 16.5. The van der Waals surface area contributed by atoms with E-state index in [2.05, 4.69) is 15.8 Å². The topological polar surface area (TPSA) is 110 Å². The fourth-order valence-corrected chi connectivity index (χ4v) is 3.29. The second kappa shape index (κ2) is 8.08. The van der Waals surface area contributed by atoms with Crippen LogP contribution in [0.5, 0.6) is 0 Å². The van der Waals surface area contributed by atoms with Crippen molar-refractivity contribution >= 4 is 28.6 Å². The number of benzene rings is 3. The highest BCUT2D eigenvalue weighted by Gasteiger charge is 2.19. The molecule has 0 aliphatic rings. The SMILES string of the molecule is Cc1ccc(C(N)=O)c2c(-c3cccc(CNC(=O)Nc4ccccc4)c3)noc12. The molecule has 4 rings (SSSR count). The minimum absolute atomic E-state index is 0.301. The van der Waals surface area contributed by atoms with E-state index in [0.29, 0.717) is 34.5 Å². The molecule has 0 aliphatic heterocycles. The largest absolute Gasteiger partial charge is 0.366 e. The number of aromatic nitrogens is 1. The van der Waals surface area contributed by atoms with Crippen molar-refractivity contribution in [1.29, 1.82) is 0 Å². The first kappa shape index (κ1) is 19.2. The molecule has 0 atom stereocenters. The summed E-state index contributed by atoms with van der Waals surface area (Å²) in [5.74, 6) is -0.542. The first-order valence-corrected chi connectivity index (χ1v) is 9.41. The molecule has 30 heavy (non-hydrogen) atoms. The molecule has 3 aromatic carbocycles. The zero-order valence-electron chi connectivity index (χ0n) is 16.3. The molecule has 0 radical (unpaired) electrons. The smallest absolute Gasteiger partial charge is 0.319 e. The molecule has 0 bridgehead atoms. The average Bonchev–Trinajstić information content (AvgIpc) is 3.19. The molecule has 0 saturated heterocycles. The van der Waals surface area contributed by atoms with Gasteiger partial charge in [-0.05, 0) is 42.3 Å². The lowest BCUT2D eigenvalue weighted by atomic mass is 9.99. The van der Waals surface area contributed by atoms with Gasteiger partial charge in [0.15, 0.2) is 5.58 Å². The fraction of sp³-hybridized carbons (Fsp3) is 0.0870. The number of hydrogen-bond acceptors (Lipinski definition) is 4. The molecular formula is C23H20N4O3. The number of nitrogens with two attached hydrogens (primary N) is 1. The van der Waals surface area contributed by atoms with Crippen LogP contribution in [0.25, 0.3) is 22.2 Å². The molecule has 1 aromatic heterocycles. The predicted octanol–water partition coefficient (Wildman–Crippen LogP) is 4.22. The van der Waals surface area contributed by atoms with E-state index in [1.165, 1.54) is 0 Å². The molecule has 150 valence electrons. The first-order valence-electron chi connectivity index (χ1n) is 9.41. The van der Waals surface area contributed by atoms with Crippen molar-refractivity contribution in [2.75, 3.05) is 5.32 Å². The number of carbonyl (C=O) groups is 2. The quantitative estimate of drug-likeness (QED) is 0.466. The van der Waals surface area contributed by atoms with E-state index in [9.17, 15) is 9.59 Å². The Morgan fingerprint density at radius 1 is 1.03 bits per heavy atom. The van der Waals surface area contributed by atoms with Crippen molar-refractivity contribution in [2.24, 2.45) is 5.73 Å². The van der Waals surface area contributed by atoms with Gasteiger partial charge < -0.3 is 20.9 Å². The van der Waals surface area contributed by atoms with Gasteiger partial charge >= 0.3 is 6.03 Å². The lowest BCUT2D eigenvalue weighted by Gasteiger charge is -2.09. The van der Waals surface area contributed by atoms with Gasteiger partial charge in [-0.1, -0.05) is 47.6 Å². The highest BCUT2D eigenvalue weighted by molar-refractivity contribution is 6.10. The number of amides is 3. The molecule has 7 heteroatoms. The number of rotatable bonds is 5. The van der Waals surface area contributed by atoms with Crippen LogP contribution in [0.2, 0.25) is 0 Å². The summed E-state index contributed by atoms with van der Waals surface area (Å²) in [6.07, 6.45) is 0. The summed E-state index contributed by atoms with van der Waals surface area (Å²) in [7, 11) is 0. The highest BCUT2D eigenvalue weighted by Crippen LogP contribution is 2.32. The molecular weight excluding hydrogens is 380 g/mol. The third kappa shape index (κ3) is 3.86. The minimum atomic E-state index is -0.542. The fourth-order valence-electron chi connectivity index (χ4n) is 3.29. The lowest BCUT2D eigenvalue weighted by molar-refractivity contribution is 0.100. The Morgan fingerprint density at radius 2 is 1.83 bits per heavy atom.